The van der Waals surface area contributed by atoms with Gasteiger partial charge < -0.3 is 9.64 Å². The summed E-state index contributed by atoms with van der Waals surface area (Å²) in [4.78, 5) is 29.7. The Hall–Kier alpha value is -2.15. The fraction of sp³-hybridized carbons (Fsp3) is 0.438. The Balaban J connectivity index is 2.11. The smallest absolute Gasteiger partial charge is 0.305 e. The summed E-state index contributed by atoms with van der Waals surface area (Å²) in [5.74, 6) is -0.307. The number of aromatic nitrogens is 2. The second-order valence-electron chi connectivity index (χ2n) is 5.34. The van der Waals surface area contributed by atoms with Crippen LogP contribution in [-0.2, 0) is 9.53 Å². The minimum Gasteiger partial charge on any atom is -0.469 e. The molecule has 7 heteroatoms. The topological polar surface area (TPSA) is 64.4 Å². The van der Waals surface area contributed by atoms with E-state index in [2.05, 4.69) is 9.72 Å². The molecule has 0 N–H and O–H groups in total. The van der Waals surface area contributed by atoms with Gasteiger partial charge in [-0.05, 0) is 26.3 Å². The lowest BCUT2D eigenvalue weighted by molar-refractivity contribution is -0.140. The van der Waals surface area contributed by atoms with Gasteiger partial charge in [-0.1, -0.05) is 0 Å². The molecule has 0 aliphatic rings. The fourth-order valence-electron chi connectivity index (χ4n) is 2.47. The molecule has 0 atom stereocenters. The number of hydrogen-bond acceptors (Lipinski definition) is 5. The first-order valence-electron chi connectivity index (χ1n) is 7.36. The number of esters is 1. The van der Waals surface area contributed by atoms with E-state index < -0.39 is 0 Å². The van der Waals surface area contributed by atoms with E-state index in [1.165, 1.54) is 18.4 Å². The maximum absolute atomic E-state index is 12.6. The van der Waals surface area contributed by atoms with Gasteiger partial charge in [0.25, 0.3) is 5.91 Å². The molecular formula is C16H21N3O3S. The maximum atomic E-state index is 12.6. The second-order valence-corrected chi connectivity index (χ2v) is 6.21. The predicted octanol–water partition coefficient (Wildman–Crippen LogP) is 2.58. The Bertz CT molecular complexity index is 692. The van der Waals surface area contributed by atoms with Crippen LogP contribution < -0.4 is 0 Å². The first-order valence-corrected chi connectivity index (χ1v) is 8.24. The molecule has 0 radical (unpaired) electrons. The molecule has 0 spiro atoms. The van der Waals surface area contributed by atoms with Crippen LogP contribution in [0.5, 0.6) is 0 Å². The van der Waals surface area contributed by atoms with Crippen molar-refractivity contribution in [2.45, 2.75) is 26.7 Å². The van der Waals surface area contributed by atoms with E-state index in [4.69, 9.17) is 0 Å². The molecule has 0 bridgehead atoms. The first kappa shape index (κ1) is 17.2. The summed E-state index contributed by atoms with van der Waals surface area (Å²) >= 11 is 1.53. The van der Waals surface area contributed by atoms with Gasteiger partial charge in [0.1, 0.15) is 0 Å². The minimum atomic E-state index is -0.257. The minimum absolute atomic E-state index is 0.0502. The molecule has 0 fully saturated rings. The summed E-state index contributed by atoms with van der Waals surface area (Å²) < 4.78 is 6.59. The molecule has 0 aliphatic heterocycles. The van der Waals surface area contributed by atoms with Gasteiger partial charge in [0.2, 0.25) is 0 Å². The van der Waals surface area contributed by atoms with Crippen molar-refractivity contribution >= 4 is 23.2 Å². The van der Waals surface area contributed by atoms with E-state index in [0.717, 1.165) is 16.5 Å². The van der Waals surface area contributed by atoms with Crippen LogP contribution in [0.1, 0.15) is 34.6 Å². The lowest BCUT2D eigenvalue weighted by Gasteiger charge is -2.17. The van der Waals surface area contributed by atoms with Crippen LogP contribution in [0.2, 0.25) is 0 Å². The Morgan fingerprint density at radius 3 is 2.74 bits per heavy atom. The largest absolute Gasteiger partial charge is 0.469 e. The van der Waals surface area contributed by atoms with Gasteiger partial charge in [-0.25, -0.2) is 4.98 Å². The molecule has 2 aromatic heterocycles. The number of thiazole rings is 1. The molecule has 23 heavy (non-hydrogen) atoms. The number of carbonyl (C=O) groups is 2. The van der Waals surface area contributed by atoms with Gasteiger partial charge in [0, 0.05) is 43.0 Å². The fourth-order valence-corrected chi connectivity index (χ4v) is 3.22. The summed E-state index contributed by atoms with van der Waals surface area (Å²) in [6, 6.07) is 1.88. The summed E-state index contributed by atoms with van der Waals surface area (Å²) in [7, 11) is 3.11. The maximum Gasteiger partial charge on any atom is 0.305 e. The van der Waals surface area contributed by atoms with E-state index in [1.807, 2.05) is 29.9 Å². The van der Waals surface area contributed by atoms with Crippen molar-refractivity contribution in [1.82, 2.24) is 14.5 Å². The molecule has 124 valence electrons. The highest BCUT2D eigenvalue weighted by atomic mass is 32.1. The van der Waals surface area contributed by atoms with Crippen LogP contribution >= 0.6 is 11.3 Å². The molecule has 0 saturated heterocycles. The number of ether oxygens (including phenoxy) is 1. The Labute approximate surface area is 139 Å². The van der Waals surface area contributed by atoms with Crippen molar-refractivity contribution < 1.29 is 14.3 Å². The van der Waals surface area contributed by atoms with Crippen molar-refractivity contribution in [2.24, 2.45) is 0 Å². The third kappa shape index (κ3) is 3.79. The van der Waals surface area contributed by atoms with E-state index in [9.17, 15) is 9.59 Å². The van der Waals surface area contributed by atoms with Crippen molar-refractivity contribution in [2.75, 3.05) is 20.7 Å². The van der Waals surface area contributed by atoms with Crippen molar-refractivity contribution in [1.29, 1.82) is 0 Å². The Morgan fingerprint density at radius 2 is 2.13 bits per heavy atom. The summed E-state index contributed by atoms with van der Waals surface area (Å²) in [6.45, 7) is 4.39. The van der Waals surface area contributed by atoms with Crippen LogP contribution in [0, 0.1) is 13.8 Å². The molecule has 2 aromatic rings. The molecule has 0 aliphatic carbocycles. The number of aryl methyl sites for hydroxylation is 1. The number of carbonyl (C=O) groups excluding carboxylic acids is 2. The van der Waals surface area contributed by atoms with Gasteiger partial charge in [-0.2, -0.15) is 0 Å². The molecule has 0 aromatic carbocycles. The summed E-state index contributed by atoms with van der Waals surface area (Å²) in [5, 5.41) is 2.77. The number of methoxy groups -OCH3 is 1. The van der Waals surface area contributed by atoms with Crippen LogP contribution in [0.15, 0.2) is 17.6 Å². The molecular weight excluding hydrogens is 314 g/mol. The van der Waals surface area contributed by atoms with E-state index >= 15 is 0 Å². The van der Waals surface area contributed by atoms with E-state index in [0.29, 0.717) is 24.9 Å². The van der Waals surface area contributed by atoms with Crippen molar-refractivity contribution in [3.05, 3.63) is 34.6 Å². The van der Waals surface area contributed by atoms with Gasteiger partial charge >= 0.3 is 5.97 Å². The third-order valence-corrected chi connectivity index (χ3v) is 4.48. The van der Waals surface area contributed by atoms with Gasteiger partial charge in [0.15, 0.2) is 5.13 Å². The Kier molecular flexibility index (Phi) is 5.54. The molecule has 0 unspecified atom stereocenters. The van der Waals surface area contributed by atoms with Gasteiger partial charge in [-0.3, -0.25) is 14.2 Å². The quantitative estimate of drug-likeness (QED) is 0.761. The van der Waals surface area contributed by atoms with Gasteiger partial charge in [0.05, 0.1) is 12.7 Å². The zero-order chi connectivity index (χ0) is 17.0. The second kappa shape index (κ2) is 7.41. The molecule has 2 heterocycles. The average Bonchev–Trinajstić information content (AvgIpc) is 3.14. The number of rotatable bonds is 6. The van der Waals surface area contributed by atoms with Crippen molar-refractivity contribution in [3.8, 4) is 5.13 Å². The predicted molar refractivity (Wildman–Crippen MR) is 89.1 cm³/mol. The van der Waals surface area contributed by atoms with Crippen LogP contribution in [0.25, 0.3) is 5.13 Å². The zero-order valence-corrected chi connectivity index (χ0v) is 14.6. The average molecular weight is 335 g/mol. The van der Waals surface area contributed by atoms with Gasteiger partial charge in [-0.15, -0.1) is 11.3 Å². The molecule has 1 amide bonds. The van der Waals surface area contributed by atoms with E-state index in [1.54, 1.807) is 18.1 Å². The highest BCUT2D eigenvalue weighted by molar-refractivity contribution is 7.12. The molecule has 2 rings (SSSR count). The molecule has 0 saturated carbocycles. The summed E-state index contributed by atoms with van der Waals surface area (Å²) in [5.41, 5.74) is 2.52. The monoisotopic (exact) mass is 335 g/mol. The van der Waals surface area contributed by atoms with Crippen LogP contribution in [0.4, 0.5) is 0 Å². The van der Waals surface area contributed by atoms with Crippen LogP contribution in [-0.4, -0.2) is 47.0 Å². The number of nitrogens with zero attached hydrogens (tertiary/aromatic N) is 3. The zero-order valence-electron chi connectivity index (χ0n) is 13.8. The highest BCUT2D eigenvalue weighted by Crippen LogP contribution is 2.23. The third-order valence-electron chi connectivity index (χ3n) is 3.72. The molecule has 6 nitrogen and oxygen atoms in total. The standard InChI is InChI=1S/C16H21N3O3S/c1-11-10-13(12(2)19(11)16-17-7-9-23-16)15(21)18(3)8-5-6-14(20)22-4/h7,9-10H,5-6,8H2,1-4H3. The van der Waals surface area contributed by atoms with Crippen molar-refractivity contribution in [3.63, 3.8) is 0 Å². The lowest BCUT2D eigenvalue weighted by Crippen LogP contribution is -2.28. The SMILES string of the molecule is COC(=O)CCCN(C)C(=O)c1cc(C)n(-c2nccs2)c1C. The summed E-state index contributed by atoms with van der Waals surface area (Å²) in [6.07, 6.45) is 2.64. The lowest BCUT2D eigenvalue weighted by atomic mass is 10.2. The number of amides is 1. The Morgan fingerprint density at radius 1 is 1.39 bits per heavy atom. The van der Waals surface area contributed by atoms with E-state index in [-0.39, 0.29) is 11.9 Å². The van der Waals surface area contributed by atoms with Crippen LogP contribution in [0.3, 0.4) is 0 Å². The number of hydrogen-bond donors (Lipinski definition) is 0. The first-order chi connectivity index (χ1) is 11.0. The highest BCUT2D eigenvalue weighted by Gasteiger charge is 2.20. The normalized spacial score (nSPS) is 10.6.